The van der Waals surface area contributed by atoms with Crippen molar-refractivity contribution in [1.29, 1.82) is 0 Å². The van der Waals surface area contributed by atoms with Gasteiger partial charge in [0.25, 0.3) is 0 Å². The molecule has 0 aliphatic carbocycles. The number of rotatable bonds is 1. The molecule has 0 amide bonds. The molecule has 1 heterocycles. The minimum Gasteiger partial charge on any atom is -0.144 e. The number of benzene rings is 1. The van der Waals surface area contributed by atoms with Gasteiger partial charge in [-0.05, 0) is 40.5 Å². The first-order valence-corrected chi connectivity index (χ1v) is 6.51. The second kappa shape index (κ2) is 4.06. The van der Waals surface area contributed by atoms with E-state index in [1.807, 2.05) is 11.3 Å². The number of thiophene rings is 1. The molecule has 0 aliphatic rings. The number of hydrogen-bond donors (Lipinski definition) is 0. The van der Waals surface area contributed by atoms with Crippen molar-refractivity contribution in [2.75, 3.05) is 0 Å². The molecule has 1 heteroatoms. The van der Waals surface area contributed by atoms with Crippen molar-refractivity contribution in [2.45, 2.75) is 33.1 Å². The van der Waals surface area contributed by atoms with E-state index in [4.69, 9.17) is 0 Å². The summed E-state index contributed by atoms with van der Waals surface area (Å²) in [6, 6.07) is 10.9. The van der Waals surface area contributed by atoms with Crippen LogP contribution in [0, 0.1) is 6.92 Å². The van der Waals surface area contributed by atoms with Crippen molar-refractivity contribution in [1.82, 2.24) is 0 Å². The van der Waals surface area contributed by atoms with Gasteiger partial charge in [-0.1, -0.05) is 45.0 Å². The highest BCUT2D eigenvalue weighted by Gasteiger charge is 2.16. The zero-order chi connectivity index (χ0) is 11.8. The van der Waals surface area contributed by atoms with Gasteiger partial charge in [0.15, 0.2) is 0 Å². The molecule has 0 unspecified atom stereocenters. The molecule has 0 aliphatic heterocycles. The van der Waals surface area contributed by atoms with E-state index in [9.17, 15) is 0 Å². The van der Waals surface area contributed by atoms with Crippen LogP contribution in [0.1, 0.15) is 31.9 Å². The molecule has 2 rings (SSSR count). The lowest BCUT2D eigenvalue weighted by atomic mass is 9.89. The lowest BCUT2D eigenvalue weighted by Gasteiger charge is -2.15. The normalized spacial score (nSPS) is 11.8. The molecule has 0 fully saturated rings. The standard InChI is InChI=1S/C15H18S/c1-11-7-5-6-8-13(11)14-9-12(10-16-14)15(2,3)4/h5-10H,1-4H3. The highest BCUT2D eigenvalue weighted by molar-refractivity contribution is 7.13. The zero-order valence-electron chi connectivity index (χ0n) is 10.4. The van der Waals surface area contributed by atoms with Crippen LogP contribution in [-0.4, -0.2) is 0 Å². The average Bonchev–Trinajstić information content (AvgIpc) is 2.66. The van der Waals surface area contributed by atoms with Gasteiger partial charge in [0.05, 0.1) is 0 Å². The van der Waals surface area contributed by atoms with Crippen molar-refractivity contribution < 1.29 is 0 Å². The third kappa shape index (κ3) is 2.19. The molecular formula is C15H18S. The van der Waals surface area contributed by atoms with E-state index in [1.165, 1.54) is 21.6 Å². The molecular weight excluding hydrogens is 212 g/mol. The highest BCUT2D eigenvalue weighted by Crippen LogP contribution is 2.34. The Labute approximate surface area is 102 Å². The van der Waals surface area contributed by atoms with Gasteiger partial charge in [0.2, 0.25) is 0 Å². The fourth-order valence-corrected chi connectivity index (χ4v) is 2.95. The monoisotopic (exact) mass is 230 g/mol. The van der Waals surface area contributed by atoms with Crippen LogP contribution < -0.4 is 0 Å². The summed E-state index contributed by atoms with van der Waals surface area (Å²) in [7, 11) is 0. The summed E-state index contributed by atoms with van der Waals surface area (Å²) in [6.45, 7) is 8.95. The van der Waals surface area contributed by atoms with Crippen LogP contribution in [0.25, 0.3) is 10.4 Å². The minimum atomic E-state index is 0.247. The molecule has 16 heavy (non-hydrogen) atoms. The maximum Gasteiger partial charge on any atom is 0.0348 e. The van der Waals surface area contributed by atoms with Crippen molar-refractivity contribution in [3.8, 4) is 10.4 Å². The largest absolute Gasteiger partial charge is 0.144 e. The Morgan fingerprint density at radius 1 is 1.06 bits per heavy atom. The van der Waals surface area contributed by atoms with Gasteiger partial charge in [0, 0.05) is 4.88 Å². The summed E-state index contributed by atoms with van der Waals surface area (Å²) in [5.74, 6) is 0. The highest BCUT2D eigenvalue weighted by atomic mass is 32.1. The van der Waals surface area contributed by atoms with Gasteiger partial charge >= 0.3 is 0 Å². The van der Waals surface area contributed by atoms with Crippen LogP contribution >= 0.6 is 11.3 Å². The average molecular weight is 230 g/mol. The minimum absolute atomic E-state index is 0.247. The molecule has 0 spiro atoms. The number of hydrogen-bond acceptors (Lipinski definition) is 1. The fourth-order valence-electron chi connectivity index (χ4n) is 1.72. The molecule has 1 aromatic carbocycles. The SMILES string of the molecule is Cc1ccccc1-c1cc(C(C)(C)C)cs1. The van der Waals surface area contributed by atoms with Crippen molar-refractivity contribution >= 4 is 11.3 Å². The maximum absolute atomic E-state index is 2.33. The first kappa shape index (κ1) is 11.4. The van der Waals surface area contributed by atoms with Crippen LogP contribution in [-0.2, 0) is 5.41 Å². The summed E-state index contributed by atoms with van der Waals surface area (Å²) in [5.41, 5.74) is 4.39. The van der Waals surface area contributed by atoms with E-state index in [0.717, 1.165) is 0 Å². The molecule has 0 saturated carbocycles. The molecule has 0 nitrogen and oxygen atoms in total. The van der Waals surface area contributed by atoms with E-state index in [-0.39, 0.29) is 5.41 Å². The van der Waals surface area contributed by atoms with Crippen molar-refractivity contribution in [3.63, 3.8) is 0 Å². The molecule has 0 N–H and O–H groups in total. The molecule has 0 atom stereocenters. The summed E-state index contributed by atoms with van der Waals surface area (Å²) in [5, 5.41) is 2.28. The summed E-state index contributed by atoms with van der Waals surface area (Å²) < 4.78 is 0. The van der Waals surface area contributed by atoms with E-state index >= 15 is 0 Å². The van der Waals surface area contributed by atoms with Crippen LogP contribution in [0.3, 0.4) is 0 Å². The summed E-state index contributed by atoms with van der Waals surface area (Å²) >= 11 is 1.84. The molecule has 0 saturated heterocycles. The summed E-state index contributed by atoms with van der Waals surface area (Å²) in [6.07, 6.45) is 0. The first-order chi connectivity index (χ1) is 7.48. The summed E-state index contributed by atoms with van der Waals surface area (Å²) in [4.78, 5) is 1.38. The predicted molar refractivity (Wildman–Crippen MR) is 73.2 cm³/mol. The predicted octanol–water partition coefficient (Wildman–Crippen LogP) is 5.02. The molecule has 1 aromatic heterocycles. The van der Waals surface area contributed by atoms with Gasteiger partial charge in [-0.2, -0.15) is 0 Å². The Morgan fingerprint density at radius 2 is 1.75 bits per heavy atom. The van der Waals surface area contributed by atoms with Crippen LogP contribution in [0.15, 0.2) is 35.7 Å². The van der Waals surface area contributed by atoms with Gasteiger partial charge in [-0.15, -0.1) is 11.3 Å². The molecule has 0 radical (unpaired) electrons. The van der Waals surface area contributed by atoms with Gasteiger partial charge in [0.1, 0.15) is 0 Å². The molecule has 84 valence electrons. The zero-order valence-corrected chi connectivity index (χ0v) is 11.2. The first-order valence-electron chi connectivity index (χ1n) is 5.63. The topological polar surface area (TPSA) is 0 Å². The van der Waals surface area contributed by atoms with E-state index in [1.54, 1.807) is 0 Å². The molecule has 0 bridgehead atoms. The smallest absolute Gasteiger partial charge is 0.0348 e. The van der Waals surface area contributed by atoms with Crippen LogP contribution in [0.4, 0.5) is 0 Å². The van der Waals surface area contributed by atoms with Crippen molar-refractivity contribution in [2.24, 2.45) is 0 Å². The number of aryl methyl sites for hydroxylation is 1. The molecule has 2 aromatic rings. The van der Waals surface area contributed by atoms with Gasteiger partial charge in [-0.3, -0.25) is 0 Å². The lowest BCUT2D eigenvalue weighted by Crippen LogP contribution is -2.08. The van der Waals surface area contributed by atoms with Gasteiger partial charge in [-0.25, -0.2) is 0 Å². The Morgan fingerprint density at radius 3 is 2.31 bits per heavy atom. The Bertz CT molecular complexity index is 486. The van der Waals surface area contributed by atoms with Crippen LogP contribution in [0.2, 0.25) is 0 Å². The van der Waals surface area contributed by atoms with Crippen molar-refractivity contribution in [3.05, 3.63) is 46.8 Å². The fraction of sp³-hybridized carbons (Fsp3) is 0.333. The second-order valence-electron chi connectivity index (χ2n) is 5.26. The van der Waals surface area contributed by atoms with Gasteiger partial charge < -0.3 is 0 Å². The van der Waals surface area contributed by atoms with E-state index in [0.29, 0.717) is 0 Å². The lowest BCUT2D eigenvalue weighted by molar-refractivity contribution is 0.593. The van der Waals surface area contributed by atoms with E-state index < -0.39 is 0 Å². The Balaban J connectivity index is 2.44. The van der Waals surface area contributed by atoms with Crippen LogP contribution in [0.5, 0.6) is 0 Å². The third-order valence-electron chi connectivity index (χ3n) is 2.88. The third-order valence-corrected chi connectivity index (χ3v) is 3.84. The second-order valence-corrected chi connectivity index (χ2v) is 6.18. The quantitative estimate of drug-likeness (QED) is 0.645. The maximum atomic E-state index is 2.33. The Hall–Kier alpha value is -1.08. The van der Waals surface area contributed by atoms with E-state index in [2.05, 4.69) is 63.4 Å². The Kier molecular flexibility index (Phi) is 2.90.